The lowest BCUT2D eigenvalue weighted by Gasteiger charge is -2.07. The van der Waals surface area contributed by atoms with Gasteiger partial charge < -0.3 is 20.4 Å². The number of anilines is 2. The monoisotopic (exact) mass is 346 g/mol. The number of ether oxygens (including phenoxy) is 1. The molecule has 0 radical (unpaired) electrons. The lowest BCUT2D eigenvalue weighted by molar-refractivity contribution is 0.102. The van der Waals surface area contributed by atoms with E-state index in [0.29, 0.717) is 41.1 Å². The molecule has 0 aliphatic heterocycles. The van der Waals surface area contributed by atoms with Crippen molar-refractivity contribution < 1.29 is 18.3 Å². The maximum Gasteiger partial charge on any atom is 0.255 e. The Hall–Kier alpha value is -3.00. The van der Waals surface area contributed by atoms with Crippen LogP contribution in [-0.4, -0.2) is 36.1 Å². The van der Waals surface area contributed by atoms with Crippen LogP contribution in [0.25, 0.3) is 10.9 Å². The number of hydrogen-bond acceptors (Lipinski definition) is 4. The zero-order valence-electron chi connectivity index (χ0n) is 13.4. The Kier molecular flexibility index (Phi) is 4.90. The van der Waals surface area contributed by atoms with Crippen molar-refractivity contribution in [2.45, 2.75) is 0 Å². The van der Waals surface area contributed by atoms with E-state index in [1.165, 1.54) is 12.4 Å². The first-order valence-electron chi connectivity index (χ1n) is 7.55. The van der Waals surface area contributed by atoms with Crippen LogP contribution in [0.3, 0.4) is 0 Å². The number of aromatic nitrogens is 2. The van der Waals surface area contributed by atoms with Gasteiger partial charge in [0.2, 0.25) is 0 Å². The lowest BCUT2D eigenvalue weighted by Crippen LogP contribution is -2.13. The number of nitrogens with one attached hydrogen (secondary N) is 3. The van der Waals surface area contributed by atoms with Crippen molar-refractivity contribution in [3.8, 4) is 0 Å². The van der Waals surface area contributed by atoms with Crippen LogP contribution < -0.4 is 10.6 Å². The van der Waals surface area contributed by atoms with Crippen LogP contribution in [0.15, 0.2) is 36.7 Å². The minimum absolute atomic E-state index is 0.365. The minimum Gasteiger partial charge on any atom is -0.383 e. The first-order valence-corrected chi connectivity index (χ1v) is 7.55. The fourth-order valence-electron chi connectivity index (χ4n) is 2.36. The number of nitrogens with zero attached hydrogens (tertiary/aromatic N) is 1. The summed E-state index contributed by atoms with van der Waals surface area (Å²) in [5, 5.41) is 6.10. The first-order chi connectivity index (χ1) is 12.1. The van der Waals surface area contributed by atoms with Crippen LogP contribution in [0, 0.1) is 11.6 Å². The van der Waals surface area contributed by atoms with Crippen molar-refractivity contribution in [3.63, 3.8) is 0 Å². The lowest BCUT2D eigenvalue weighted by atomic mass is 10.2. The second-order valence-corrected chi connectivity index (χ2v) is 5.32. The summed E-state index contributed by atoms with van der Waals surface area (Å²) in [5.74, 6) is -1.77. The van der Waals surface area contributed by atoms with Gasteiger partial charge >= 0.3 is 0 Å². The van der Waals surface area contributed by atoms with Gasteiger partial charge in [-0.15, -0.1) is 0 Å². The van der Waals surface area contributed by atoms with Crippen LogP contribution in [0.1, 0.15) is 10.4 Å². The molecule has 0 spiro atoms. The molecule has 0 fully saturated rings. The Balaban J connectivity index is 1.78. The molecular weight excluding hydrogens is 330 g/mol. The Labute approximate surface area is 142 Å². The Morgan fingerprint density at radius 3 is 2.88 bits per heavy atom. The summed E-state index contributed by atoms with van der Waals surface area (Å²) < 4.78 is 31.6. The molecule has 0 atom stereocenters. The number of amides is 1. The smallest absolute Gasteiger partial charge is 0.255 e. The molecule has 2 aromatic heterocycles. The van der Waals surface area contributed by atoms with Gasteiger partial charge in [0.05, 0.1) is 17.8 Å². The van der Waals surface area contributed by atoms with Gasteiger partial charge in [0, 0.05) is 43.1 Å². The molecule has 0 aliphatic rings. The predicted octanol–water partition coefficient (Wildman–Crippen LogP) is 3.15. The summed E-state index contributed by atoms with van der Waals surface area (Å²) in [4.78, 5) is 19.3. The average molecular weight is 346 g/mol. The number of hydrogen-bond donors (Lipinski definition) is 3. The van der Waals surface area contributed by atoms with Gasteiger partial charge in [0.25, 0.3) is 5.91 Å². The van der Waals surface area contributed by atoms with Crippen LogP contribution >= 0.6 is 0 Å². The molecule has 6 nitrogen and oxygen atoms in total. The van der Waals surface area contributed by atoms with Crippen molar-refractivity contribution in [3.05, 3.63) is 53.9 Å². The van der Waals surface area contributed by atoms with E-state index in [0.717, 1.165) is 12.1 Å². The molecule has 1 amide bonds. The maximum absolute atomic E-state index is 13.4. The predicted molar refractivity (Wildman–Crippen MR) is 90.8 cm³/mol. The molecule has 0 unspecified atom stereocenters. The molecule has 25 heavy (non-hydrogen) atoms. The number of rotatable bonds is 6. The third-order valence-electron chi connectivity index (χ3n) is 3.61. The second kappa shape index (κ2) is 7.27. The summed E-state index contributed by atoms with van der Waals surface area (Å²) >= 11 is 0. The fourth-order valence-corrected chi connectivity index (χ4v) is 2.36. The minimum atomic E-state index is -0.976. The van der Waals surface area contributed by atoms with Gasteiger partial charge in [-0.1, -0.05) is 0 Å². The number of halogens is 2. The normalized spacial score (nSPS) is 10.8. The van der Waals surface area contributed by atoms with Gasteiger partial charge in [0.15, 0.2) is 11.6 Å². The standard InChI is InChI=1S/C17H16F2N4O2/c1-25-5-4-21-16-6-10(2-3-20-16)17(24)23-15-9-22-14-8-13(19)12(18)7-11(14)15/h2-3,6-9,22H,4-5H2,1H3,(H,20,21)(H,23,24). The number of carbonyl (C=O) groups is 1. The Morgan fingerprint density at radius 2 is 2.08 bits per heavy atom. The van der Waals surface area contributed by atoms with Crippen molar-refractivity contribution in [2.24, 2.45) is 0 Å². The maximum atomic E-state index is 13.4. The number of benzene rings is 1. The molecule has 0 aliphatic carbocycles. The molecule has 3 aromatic rings. The molecule has 3 rings (SSSR count). The van der Waals surface area contributed by atoms with E-state index >= 15 is 0 Å². The van der Waals surface area contributed by atoms with Crippen molar-refractivity contribution in [1.29, 1.82) is 0 Å². The zero-order chi connectivity index (χ0) is 17.8. The van der Waals surface area contributed by atoms with E-state index in [9.17, 15) is 13.6 Å². The van der Waals surface area contributed by atoms with Crippen molar-refractivity contribution in [1.82, 2.24) is 9.97 Å². The molecule has 0 saturated heterocycles. The molecule has 0 bridgehead atoms. The van der Waals surface area contributed by atoms with E-state index in [4.69, 9.17) is 4.74 Å². The fraction of sp³-hybridized carbons (Fsp3) is 0.176. The molecule has 8 heteroatoms. The number of H-pyrrole nitrogens is 1. The Morgan fingerprint density at radius 1 is 1.28 bits per heavy atom. The third-order valence-corrected chi connectivity index (χ3v) is 3.61. The highest BCUT2D eigenvalue weighted by Crippen LogP contribution is 2.26. The number of aromatic amines is 1. The van der Waals surface area contributed by atoms with Crippen molar-refractivity contribution in [2.75, 3.05) is 30.9 Å². The summed E-state index contributed by atoms with van der Waals surface area (Å²) in [6, 6.07) is 5.25. The van der Waals surface area contributed by atoms with Crippen LogP contribution in [0.4, 0.5) is 20.3 Å². The van der Waals surface area contributed by atoms with Gasteiger partial charge in [0.1, 0.15) is 5.82 Å². The van der Waals surface area contributed by atoms with E-state index in [1.807, 2.05) is 0 Å². The highest BCUT2D eigenvalue weighted by molar-refractivity contribution is 6.09. The van der Waals surface area contributed by atoms with Crippen molar-refractivity contribution >= 4 is 28.3 Å². The molecule has 1 aromatic carbocycles. The summed E-state index contributed by atoms with van der Waals surface area (Å²) in [5.41, 5.74) is 1.14. The highest BCUT2D eigenvalue weighted by Gasteiger charge is 2.13. The van der Waals surface area contributed by atoms with Crippen LogP contribution in [0.2, 0.25) is 0 Å². The zero-order valence-corrected chi connectivity index (χ0v) is 13.4. The van der Waals surface area contributed by atoms with Crippen LogP contribution in [0.5, 0.6) is 0 Å². The number of fused-ring (bicyclic) bond motifs is 1. The molecule has 3 N–H and O–H groups in total. The van der Waals surface area contributed by atoms with E-state index in [1.54, 1.807) is 19.2 Å². The topological polar surface area (TPSA) is 79.0 Å². The van der Waals surface area contributed by atoms with Gasteiger partial charge in [-0.05, 0) is 18.2 Å². The second-order valence-electron chi connectivity index (χ2n) is 5.32. The summed E-state index contributed by atoms with van der Waals surface area (Å²) in [6.07, 6.45) is 2.99. The quantitative estimate of drug-likeness (QED) is 0.599. The molecule has 2 heterocycles. The third kappa shape index (κ3) is 3.74. The average Bonchev–Trinajstić information content (AvgIpc) is 2.97. The van der Waals surface area contributed by atoms with Gasteiger partial charge in [-0.25, -0.2) is 13.8 Å². The Bertz CT molecular complexity index is 911. The number of methoxy groups -OCH3 is 1. The summed E-state index contributed by atoms with van der Waals surface area (Å²) in [6.45, 7) is 1.07. The molecular formula is C17H16F2N4O2. The summed E-state index contributed by atoms with van der Waals surface area (Å²) in [7, 11) is 1.59. The van der Waals surface area contributed by atoms with Gasteiger partial charge in [-0.2, -0.15) is 0 Å². The largest absolute Gasteiger partial charge is 0.383 e. The van der Waals surface area contributed by atoms with Gasteiger partial charge in [-0.3, -0.25) is 4.79 Å². The first kappa shape index (κ1) is 16.8. The molecule has 0 saturated carbocycles. The highest BCUT2D eigenvalue weighted by atomic mass is 19.2. The number of pyridine rings is 1. The van der Waals surface area contributed by atoms with Crippen LogP contribution in [-0.2, 0) is 4.74 Å². The number of carbonyl (C=O) groups excluding carboxylic acids is 1. The van der Waals surface area contributed by atoms with E-state index in [-0.39, 0.29) is 5.91 Å². The van der Waals surface area contributed by atoms with E-state index < -0.39 is 11.6 Å². The SMILES string of the molecule is COCCNc1cc(C(=O)Nc2c[nH]c3cc(F)c(F)cc23)ccn1. The molecule has 130 valence electrons. The van der Waals surface area contributed by atoms with E-state index in [2.05, 4.69) is 20.6 Å².